The Bertz CT molecular complexity index is 1440. The van der Waals surface area contributed by atoms with Gasteiger partial charge in [0.2, 0.25) is 0 Å². The molecule has 1 spiro atoms. The van der Waals surface area contributed by atoms with Crippen LogP contribution in [0.15, 0.2) is 0 Å². The van der Waals surface area contributed by atoms with Crippen molar-refractivity contribution < 1.29 is 24.0 Å². The average molecular weight is 1110 g/mol. The van der Waals surface area contributed by atoms with Crippen LogP contribution < -0.4 is 0 Å². The molecule has 0 aromatic rings. The highest BCUT2D eigenvalue weighted by molar-refractivity contribution is 5.85. The van der Waals surface area contributed by atoms with Crippen LogP contribution in [0.4, 0.5) is 0 Å². The van der Waals surface area contributed by atoms with Gasteiger partial charge in [-0.2, -0.15) is 0 Å². The second-order valence-electron chi connectivity index (χ2n) is 28.4. The van der Waals surface area contributed by atoms with E-state index < -0.39 is 0 Å². The van der Waals surface area contributed by atoms with Crippen molar-refractivity contribution in [2.24, 2.45) is 45.3 Å². The van der Waals surface area contributed by atoms with E-state index in [9.17, 15) is 24.0 Å². The average Bonchev–Trinajstić information content (AvgIpc) is 3.73. The Morgan fingerprint density at radius 2 is 0.848 bits per heavy atom. The van der Waals surface area contributed by atoms with Crippen LogP contribution in [0.25, 0.3) is 0 Å². The van der Waals surface area contributed by atoms with Gasteiger partial charge in [0, 0.05) is 63.2 Å². The van der Waals surface area contributed by atoms with Gasteiger partial charge in [0.1, 0.15) is 28.9 Å². The van der Waals surface area contributed by atoms with Crippen LogP contribution in [0.1, 0.15) is 400 Å². The second-order valence-corrected chi connectivity index (χ2v) is 28.4. The van der Waals surface area contributed by atoms with Crippen molar-refractivity contribution >= 4 is 28.9 Å². The third kappa shape index (κ3) is 40.3. The normalized spacial score (nSPS) is 16.5. The predicted octanol–water partition coefficient (Wildman–Crippen LogP) is 24.1. The SMILES string of the molecule is CC(C)CC(=O)CC(C)C.CCCCC(=O)C(CCC)(CC(C)C)CC(C)C.CCCCCC(=O)CC(CCC)(CCCC)CCCC.CCCCCC1(CCCCC)CCCC(=O)CC1.O=C1CCC2(CCCCCC2)CC1. The van der Waals surface area contributed by atoms with Crippen molar-refractivity contribution in [1.82, 2.24) is 0 Å². The summed E-state index contributed by atoms with van der Waals surface area (Å²) in [6.45, 7) is 35.3. The highest BCUT2D eigenvalue weighted by Gasteiger charge is 2.38. The lowest BCUT2D eigenvalue weighted by Crippen LogP contribution is -2.34. The van der Waals surface area contributed by atoms with Crippen LogP contribution in [0.5, 0.6) is 0 Å². The molecule has 468 valence electrons. The maximum atomic E-state index is 12.7. The minimum Gasteiger partial charge on any atom is -0.300 e. The first-order chi connectivity index (χ1) is 37.6. The lowest BCUT2D eigenvalue weighted by molar-refractivity contribution is -0.131. The lowest BCUT2D eigenvalue weighted by Gasteiger charge is -2.36. The number of Topliss-reactive ketones (excluding diaryl/α,β-unsaturated/α-hetero) is 5. The van der Waals surface area contributed by atoms with Gasteiger partial charge in [0.15, 0.2) is 0 Å². The molecule has 3 saturated carbocycles. The summed E-state index contributed by atoms with van der Waals surface area (Å²) in [5.74, 6) is 4.76. The van der Waals surface area contributed by atoms with Gasteiger partial charge in [0.05, 0.1) is 0 Å². The summed E-state index contributed by atoms with van der Waals surface area (Å²) in [6, 6.07) is 0. The van der Waals surface area contributed by atoms with E-state index in [2.05, 4.69) is 111 Å². The summed E-state index contributed by atoms with van der Waals surface area (Å²) in [6.07, 6.45) is 52.9. The molecular formula is C74H142O5. The fourth-order valence-electron chi connectivity index (χ4n) is 14.1. The number of hydrogen-bond donors (Lipinski definition) is 0. The largest absolute Gasteiger partial charge is 0.300 e. The van der Waals surface area contributed by atoms with Gasteiger partial charge < -0.3 is 0 Å². The van der Waals surface area contributed by atoms with Gasteiger partial charge in [-0.25, -0.2) is 0 Å². The summed E-state index contributed by atoms with van der Waals surface area (Å²) in [5, 5.41) is 0. The zero-order valence-corrected chi connectivity index (χ0v) is 56.7. The van der Waals surface area contributed by atoms with Gasteiger partial charge in [-0.05, 0) is 149 Å². The molecule has 79 heavy (non-hydrogen) atoms. The molecule has 0 unspecified atom stereocenters. The first kappa shape index (κ1) is 79.4. The zero-order chi connectivity index (χ0) is 60.0. The molecule has 0 bridgehead atoms. The van der Waals surface area contributed by atoms with Crippen molar-refractivity contribution in [2.45, 2.75) is 400 Å². The molecule has 0 heterocycles. The van der Waals surface area contributed by atoms with E-state index in [0.717, 1.165) is 109 Å². The Labute approximate surface area is 495 Å². The summed E-state index contributed by atoms with van der Waals surface area (Å²) >= 11 is 0. The first-order valence-electron chi connectivity index (χ1n) is 35.2. The number of ketones is 5. The Morgan fingerprint density at radius 1 is 0.405 bits per heavy atom. The van der Waals surface area contributed by atoms with Crippen molar-refractivity contribution in [1.29, 1.82) is 0 Å². The number of hydrogen-bond acceptors (Lipinski definition) is 5. The molecule has 5 heteroatoms. The number of unbranched alkanes of at least 4 members (excludes halogenated alkanes) is 9. The number of carbonyl (C=O) groups is 5. The van der Waals surface area contributed by atoms with E-state index in [1.165, 1.54) is 180 Å². The topological polar surface area (TPSA) is 85.3 Å². The van der Waals surface area contributed by atoms with Crippen molar-refractivity contribution in [3.05, 3.63) is 0 Å². The summed E-state index contributed by atoms with van der Waals surface area (Å²) in [7, 11) is 0. The summed E-state index contributed by atoms with van der Waals surface area (Å²) < 4.78 is 0. The molecule has 3 aliphatic carbocycles. The maximum absolute atomic E-state index is 12.7. The van der Waals surface area contributed by atoms with E-state index in [-0.39, 0.29) is 5.41 Å². The van der Waals surface area contributed by atoms with Gasteiger partial charge in [-0.3, -0.25) is 24.0 Å². The number of carbonyl (C=O) groups excluding carboxylic acids is 5. The van der Waals surface area contributed by atoms with Gasteiger partial charge >= 0.3 is 0 Å². The molecule has 0 radical (unpaired) electrons. The minimum atomic E-state index is -0.0355. The van der Waals surface area contributed by atoms with Crippen LogP contribution in [0.2, 0.25) is 0 Å². The van der Waals surface area contributed by atoms with Gasteiger partial charge in [-0.15, -0.1) is 0 Å². The summed E-state index contributed by atoms with van der Waals surface area (Å²) in [4.78, 5) is 58.9. The number of rotatable bonds is 36. The zero-order valence-electron chi connectivity index (χ0n) is 56.7. The third-order valence-electron chi connectivity index (χ3n) is 18.2. The molecule has 5 nitrogen and oxygen atoms in total. The highest BCUT2D eigenvalue weighted by atomic mass is 16.1. The van der Waals surface area contributed by atoms with Gasteiger partial charge in [-0.1, -0.05) is 233 Å². The van der Waals surface area contributed by atoms with Crippen LogP contribution in [-0.2, 0) is 24.0 Å². The molecule has 0 aromatic heterocycles. The molecule has 0 amide bonds. The van der Waals surface area contributed by atoms with Gasteiger partial charge in [0.25, 0.3) is 0 Å². The van der Waals surface area contributed by atoms with E-state index in [1.807, 2.05) is 0 Å². The molecule has 0 atom stereocenters. The maximum Gasteiger partial charge on any atom is 0.139 e. The second kappa shape index (κ2) is 48.7. The third-order valence-corrected chi connectivity index (χ3v) is 18.2. The monoisotopic (exact) mass is 1110 g/mol. The van der Waals surface area contributed by atoms with E-state index in [1.54, 1.807) is 0 Å². The first-order valence-corrected chi connectivity index (χ1v) is 35.2. The van der Waals surface area contributed by atoms with Crippen LogP contribution >= 0.6 is 0 Å². The van der Waals surface area contributed by atoms with Crippen molar-refractivity contribution in [3.63, 3.8) is 0 Å². The quantitative estimate of drug-likeness (QED) is 0.0461. The molecule has 3 rings (SSSR count). The molecule has 0 aromatic carbocycles. The smallest absolute Gasteiger partial charge is 0.139 e. The molecule has 3 fully saturated rings. The van der Waals surface area contributed by atoms with Crippen LogP contribution in [0.3, 0.4) is 0 Å². The summed E-state index contributed by atoms with van der Waals surface area (Å²) in [5.41, 5.74) is 1.41. The molecule has 3 aliphatic rings. The van der Waals surface area contributed by atoms with Crippen LogP contribution in [-0.4, -0.2) is 28.9 Å². The fourth-order valence-corrected chi connectivity index (χ4v) is 14.1. The Balaban J connectivity index is 0. The van der Waals surface area contributed by atoms with E-state index in [4.69, 9.17) is 0 Å². The van der Waals surface area contributed by atoms with Crippen molar-refractivity contribution in [3.8, 4) is 0 Å². The van der Waals surface area contributed by atoms with E-state index >= 15 is 0 Å². The minimum absolute atomic E-state index is 0.0355. The van der Waals surface area contributed by atoms with Crippen molar-refractivity contribution in [2.75, 3.05) is 0 Å². The lowest BCUT2D eigenvalue weighted by atomic mass is 9.67. The van der Waals surface area contributed by atoms with Crippen LogP contribution in [0, 0.1) is 45.3 Å². The molecule has 0 aliphatic heterocycles. The molecule has 0 saturated heterocycles. The Kier molecular flexibility index (Phi) is 49.0. The Hall–Kier alpha value is -1.65. The van der Waals surface area contributed by atoms with E-state index in [0.29, 0.717) is 68.8 Å². The fraction of sp³-hybridized carbons (Fsp3) is 0.932. The molecular weight excluding hydrogens is 969 g/mol. The Morgan fingerprint density at radius 3 is 1.28 bits per heavy atom. The standard InChI is InChI=1S/C19H38O.C17H32O.C17H34O.C12H20O.C9H18O/c1-5-9-12-13-18(20)17-19(14-8-4,15-10-6-2)16-11-7-3;1-3-5-7-12-17(13-8-6-4-2)14-9-10-16(18)11-15-17;1-7-9-10-16(18)17(11-8-2,12-14(3)4)13-15(5)6;13-11-5-9-12(10-6-11)7-3-1-2-4-8-12;1-7(2)5-9(10)6-8(3)4/h5-17H2,1-4H3;3-15H2,1-2H3;14-15H,7-13H2,1-6H3;1-10H2;7-8H,5-6H2,1-4H3. The molecule has 0 N–H and O–H groups in total. The highest BCUT2D eigenvalue weighted by Crippen LogP contribution is 2.46. The predicted molar refractivity (Wildman–Crippen MR) is 347 cm³/mol.